The molecule has 0 aromatic heterocycles. The van der Waals surface area contributed by atoms with Gasteiger partial charge in [-0.25, -0.2) is 9.59 Å². The Kier molecular flexibility index (Phi) is 10.7. The zero-order valence-corrected chi connectivity index (χ0v) is 22.4. The Labute approximate surface area is 228 Å². The molecular weight excluding hydrogens is 498 g/mol. The molecule has 3 amide bonds. The van der Waals surface area contributed by atoms with Crippen molar-refractivity contribution in [1.29, 1.82) is 0 Å². The second-order valence-corrected chi connectivity index (χ2v) is 9.76. The van der Waals surface area contributed by atoms with Gasteiger partial charge in [-0.3, -0.25) is 4.79 Å². The Bertz CT molecular complexity index is 1190. The van der Waals surface area contributed by atoms with Gasteiger partial charge in [0, 0.05) is 12.2 Å². The fraction of sp³-hybridized carbons (Fsp3) is 0.300. The lowest BCUT2D eigenvalue weighted by molar-refractivity contribution is -0.118. The summed E-state index contributed by atoms with van der Waals surface area (Å²) >= 11 is 0. The molecule has 0 bridgehead atoms. The molecule has 3 rings (SSSR count). The molecule has 0 aliphatic carbocycles. The Hall–Kier alpha value is -4.53. The van der Waals surface area contributed by atoms with Crippen molar-refractivity contribution in [2.75, 3.05) is 11.9 Å². The van der Waals surface area contributed by atoms with Gasteiger partial charge in [0.2, 0.25) is 5.91 Å². The Morgan fingerprint density at radius 1 is 0.795 bits per heavy atom. The monoisotopic (exact) mass is 533 g/mol. The highest BCUT2D eigenvalue weighted by atomic mass is 16.6. The lowest BCUT2D eigenvalue weighted by atomic mass is 10.1. The highest BCUT2D eigenvalue weighted by Crippen LogP contribution is 2.22. The first-order chi connectivity index (χ1) is 18.7. The first-order valence-electron chi connectivity index (χ1n) is 12.8. The summed E-state index contributed by atoms with van der Waals surface area (Å²) < 4.78 is 16.3. The molecular formula is C30H35N3O6. The molecule has 1 atom stereocenters. The largest absolute Gasteiger partial charge is 0.457 e. The molecule has 0 aliphatic rings. The summed E-state index contributed by atoms with van der Waals surface area (Å²) in [6.45, 7) is 5.67. The van der Waals surface area contributed by atoms with Crippen molar-refractivity contribution in [3.8, 4) is 11.5 Å². The number of anilines is 1. The lowest BCUT2D eigenvalue weighted by Gasteiger charge is -2.20. The summed E-state index contributed by atoms with van der Waals surface area (Å²) in [7, 11) is 0. The van der Waals surface area contributed by atoms with Crippen LogP contribution in [0.3, 0.4) is 0 Å². The van der Waals surface area contributed by atoms with E-state index in [1.54, 1.807) is 45.0 Å². The highest BCUT2D eigenvalue weighted by Gasteiger charge is 2.22. The molecule has 0 fully saturated rings. The molecule has 0 heterocycles. The van der Waals surface area contributed by atoms with Crippen LogP contribution in [-0.2, 0) is 20.9 Å². The number of carbonyl (C=O) groups excluding carboxylic acids is 3. The van der Waals surface area contributed by atoms with Gasteiger partial charge >= 0.3 is 12.2 Å². The molecule has 0 aliphatic heterocycles. The summed E-state index contributed by atoms with van der Waals surface area (Å²) in [5, 5.41) is 8.11. The standard InChI is InChI=1S/C30H35N3O6/c1-30(2,3)39-28(35)31-20-10-15-26(33-29(36)37-21-22-11-6-4-7-12-22)27(34)32-23-16-18-25(19-17-23)38-24-13-8-5-9-14-24/h4-9,11-14,16-19,26H,10,15,20-21H2,1-3H3,(H,31,35)(H,32,34)(H,33,36)/t26-/m1/s1. The van der Waals surface area contributed by atoms with E-state index in [9.17, 15) is 14.4 Å². The number of ether oxygens (including phenoxy) is 3. The van der Waals surface area contributed by atoms with Crippen LogP contribution in [0.2, 0.25) is 0 Å². The maximum Gasteiger partial charge on any atom is 0.408 e. The Morgan fingerprint density at radius 3 is 2.05 bits per heavy atom. The van der Waals surface area contributed by atoms with Crippen molar-refractivity contribution in [1.82, 2.24) is 10.6 Å². The molecule has 9 nitrogen and oxygen atoms in total. The topological polar surface area (TPSA) is 115 Å². The van der Waals surface area contributed by atoms with Gasteiger partial charge in [-0.15, -0.1) is 0 Å². The van der Waals surface area contributed by atoms with Crippen molar-refractivity contribution in [3.05, 3.63) is 90.5 Å². The van der Waals surface area contributed by atoms with Crippen LogP contribution < -0.4 is 20.7 Å². The SMILES string of the molecule is CC(C)(C)OC(=O)NCCC[C@@H](NC(=O)OCc1ccccc1)C(=O)Nc1ccc(Oc2ccccc2)cc1. The summed E-state index contributed by atoms with van der Waals surface area (Å²) in [6, 6.07) is 24.6. The summed E-state index contributed by atoms with van der Waals surface area (Å²) in [4.78, 5) is 37.5. The maximum atomic E-state index is 13.1. The summed E-state index contributed by atoms with van der Waals surface area (Å²) in [6.07, 6.45) is -0.584. The van der Waals surface area contributed by atoms with Gasteiger partial charge in [-0.1, -0.05) is 48.5 Å². The van der Waals surface area contributed by atoms with Crippen molar-refractivity contribution in [3.63, 3.8) is 0 Å². The highest BCUT2D eigenvalue weighted by molar-refractivity contribution is 5.96. The van der Waals surface area contributed by atoms with Crippen LogP contribution in [0.15, 0.2) is 84.9 Å². The molecule has 39 heavy (non-hydrogen) atoms. The van der Waals surface area contributed by atoms with Gasteiger partial charge in [-0.2, -0.15) is 0 Å². The fourth-order valence-corrected chi connectivity index (χ4v) is 3.45. The molecule has 0 unspecified atom stereocenters. The molecule has 9 heteroatoms. The van der Waals surface area contributed by atoms with Gasteiger partial charge in [0.1, 0.15) is 29.7 Å². The van der Waals surface area contributed by atoms with Gasteiger partial charge in [0.05, 0.1) is 0 Å². The smallest absolute Gasteiger partial charge is 0.408 e. The minimum Gasteiger partial charge on any atom is -0.457 e. The minimum absolute atomic E-state index is 0.0735. The van der Waals surface area contributed by atoms with Gasteiger partial charge in [-0.05, 0) is 75.6 Å². The van der Waals surface area contributed by atoms with Crippen LogP contribution in [0, 0.1) is 0 Å². The zero-order chi connectivity index (χ0) is 28.1. The van der Waals surface area contributed by atoms with E-state index in [2.05, 4.69) is 16.0 Å². The quantitative estimate of drug-likeness (QED) is 0.260. The van der Waals surface area contributed by atoms with E-state index >= 15 is 0 Å². The first kappa shape index (κ1) is 29.0. The number of para-hydroxylation sites is 1. The number of rotatable bonds is 11. The zero-order valence-electron chi connectivity index (χ0n) is 22.4. The third-order valence-electron chi connectivity index (χ3n) is 5.26. The Balaban J connectivity index is 1.56. The van der Waals surface area contributed by atoms with Crippen molar-refractivity contribution < 1.29 is 28.6 Å². The van der Waals surface area contributed by atoms with Crippen LogP contribution in [0.1, 0.15) is 39.2 Å². The van der Waals surface area contributed by atoms with Crippen molar-refractivity contribution >= 4 is 23.8 Å². The number of hydrogen-bond acceptors (Lipinski definition) is 6. The van der Waals surface area contributed by atoms with Crippen LogP contribution in [0.5, 0.6) is 11.5 Å². The van der Waals surface area contributed by atoms with E-state index < -0.39 is 29.7 Å². The third-order valence-corrected chi connectivity index (χ3v) is 5.26. The van der Waals surface area contributed by atoms with E-state index in [1.807, 2.05) is 60.7 Å². The van der Waals surface area contributed by atoms with E-state index in [0.29, 0.717) is 23.6 Å². The molecule has 3 aromatic rings. The average molecular weight is 534 g/mol. The van der Waals surface area contributed by atoms with Crippen molar-refractivity contribution in [2.45, 2.75) is 51.9 Å². The second kappa shape index (κ2) is 14.4. The van der Waals surface area contributed by atoms with Gasteiger partial charge in [0.25, 0.3) is 0 Å². The number of amides is 3. The maximum absolute atomic E-state index is 13.1. The molecule has 3 aromatic carbocycles. The minimum atomic E-state index is -0.894. The first-order valence-corrected chi connectivity index (χ1v) is 12.8. The molecule has 0 saturated heterocycles. The molecule has 0 radical (unpaired) electrons. The normalized spacial score (nSPS) is 11.6. The Morgan fingerprint density at radius 2 is 1.41 bits per heavy atom. The van der Waals surface area contributed by atoms with Crippen LogP contribution >= 0.6 is 0 Å². The predicted molar refractivity (Wildman–Crippen MR) is 149 cm³/mol. The second-order valence-electron chi connectivity index (χ2n) is 9.76. The van der Waals surface area contributed by atoms with E-state index in [4.69, 9.17) is 14.2 Å². The number of alkyl carbamates (subject to hydrolysis) is 2. The van der Waals surface area contributed by atoms with Gasteiger partial charge in [0.15, 0.2) is 0 Å². The number of benzene rings is 3. The molecule has 0 spiro atoms. The number of nitrogens with one attached hydrogen (secondary N) is 3. The third kappa shape index (κ3) is 11.2. The fourth-order valence-electron chi connectivity index (χ4n) is 3.45. The van der Waals surface area contributed by atoms with Crippen LogP contribution in [0.25, 0.3) is 0 Å². The van der Waals surface area contributed by atoms with Crippen molar-refractivity contribution in [2.24, 2.45) is 0 Å². The summed E-state index contributed by atoms with van der Waals surface area (Å²) in [5.41, 5.74) is 0.753. The van der Waals surface area contributed by atoms with E-state index in [0.717, 1.165) is 5.56 Å². The molecule has 0 saturated carbocycles. The van der Waals surface area contributed by atoms with E-state index in [-0.39, 0.29) is 19.6 Å². The van der Waals surface area contributed by atoms with E-state index in [1.165, 1.54) is 0 Å². The lowest BCUT2D eigenvalue weighted by Crippen LogP contribution is -2.44. The molecule has 206 valence electrons. The van der Waals surface area contributed by atoms with Gasteiger partial charge < -0.3 is 30.2 Å². The average Bonchev–Trinajstić information content (AvgIpc) is 2.90. The summed E-state index contributed by atoms with van der Waals surface area (Å²) in [5.74, 6) is 0.903. The van der Waals surface area contributed by atoms with Crippen LogP contribution in [-0.4, -0.2) is 36.3 Å². The number of carbonyl (C=O) groups is 3. The van der Waals surface area contributed by atoms with Crippen LogP contribution in [0.4, 0.5) is 15.3 Å². The molecule has 3 N–H and O–H groups in total. The number of hydrogen-bond donors (Lipinski definition) is 3. The predicted octanol–water partition coefficient (Wildman–Crippen LogP) is 6.02.